The molecule has 0 radical (unpaired) electrons. The topological polar surface area (TPSA) is 53.9 Å². The minimum absolute atomic E-state index is 0. The van der Waals surface area contributed by atoms with Crippen molar-refractivity contribution in [2.24, 2.45) is 4.99 Å². The van der Waals surface area contributed by atoms with Gasteiger partial charge in [0.05, 0.1) is 23.6 Å². The number of hydrogen-bond donors (Lipinski definition) is 0. The van der Waals surface area contributed by atoms with Crippen molar-refractivity contribution in [3.8, 4) is 33.9 Å². The molecular weight excluding hydrogens is 1030 g/mol. The van der Waals surface area contributed by atoms with Gasteiger partial charge in [-0.25, -0.2) is 4.98 Å². The summed E-state index contributed by atoms with van der Waals surface area (Å²) in [5, 5.41) is 0. The van der Waals surface area contributed by atoms with Crippen LogP contribution in [0.15, 0.2) is 139 Å². The van der Waals surface area contributed by atoms with Gasteiger partial charge >= 0.3 is 21.1 Å². The molecule has 346 valence electrons. The Morgan fingerprint density at radius 1 is 0.623 bits per heavy atom. The Kier molecular flexibility index (Phi) is 11.4. The zero-order chi connectivity index (χ0) is 47.4. The van der Waals surface area contributed by atoms with Gasteiger partial charge in [0.15, 0.2) is 0 Å². The first-order valence-corrected chi connectivity index (χ1v) is 23.8. The fourth-order valence-electron chi connectivity index (χ4n) is 11.4. The SMILES string of the molecule is Cc1cc(C)c(N2C(c3[c-]c(Oc4[c-]c5c(cc4)C(C)(C)c4ccccc4N5c4cc(C(C)(C)C)ccn4)cc(-c4ccccn4)c3)=N[C@@H]3c4cccc(C)c4-c4c(C)cc(C)cc4[C@@H]32)c(C)c1.[Pt+2]. The first kappa shape index (κ1) is 46.1. The van der Waals surface area contributed by atoms with Gasteiger partial charge in [-0.15, -0.1) is 29.3 Å². The number of para-hydroxylation sites is 1. The predicted molar refractivity (Wildman–Crippen MR) is 278 cm³/mol. The van der Waals surface area contributed by atoms with Gasteiger partial charge in [-0.3, -0.25) is 4.98 Å². The molecule has 4 heterocycles. The molecule has 3 aliphatic rings. The molecule has 0 N–H and O–H groups in total. The number of anilines is 4. The Morgan fingerprint density at radius 2 is 1.35 bits per heavy atom. The van der Waals surface area contributed by atoms with Crippen LogP contribution in [0.5, 0.6) is 11.5 Å². The number of nitrogens with zero attached hydrogens (tertiary/aromatic N) is 5. The van der Waals surface area contributed by atoms with Gasteiger partial charge in [-0.2, -0.15) is 6.07 Å². The van der Waals surface area contributed by atoms with Crippen molar-refractivity contribution in [1.29, 1.82) is 0 Å². The first-order chi connectivity index (χ1) is 32.6. The van der Waals surface area contributed by atoms with Gasteiger partial charge in [0, 0.05) is 35.3 Å². The Bertz CT molecular complexity index is 3360. The van der Waals surface area contributed by atoms with Crippen molar-refractivity contribution in [3.63, 3.8) is 0 Å². The van der Waals surface area contributed by atoms with Crippen LogP contribution in [-0.2, 0) is 31.9 Å². The zero-order valence-corrected chi connectivity index (χ0v) is 43.6. The summed E-state index contributed by atoms with van der Waals surface area (Å²) in [4.78, 5) is 20.5. The smallest absolute Gasteiger partial charge is 0.503 e. The number of aryl methyl sites for hydroxylation is 6. The van der Waals surface area contributed by atoms with Crippen LogP contribution < -0.4 is 14.5 Å². The normalized spacial score (nSPS) is 16.4. The number of rotatable bonds is 6. The second-order valence-electron chi connectivity index (χ2n) is 20.7. The van der Waals surface area contributed by atoms with Crippen molar-refractivity contribution in [3.05, 3.63) is 213 Å². The molecule has 2 aliphatic heterocycles. The summed E-state index contributed by atoms with van der Waals surface area (Å²) in [6.07, 6.45) is 3.76. The number of benzene rings is 6. The third kappa shape index (κ3) is 7.72. The molecule has 0 spiro atoms. The van der Waals surface area contributed by atoms with Gasteiger partial charge in [0.25, 0.3) is 0 Å². The zero-order valence-electron chi connectivity index (χ0n) is 41.3. The van der Waals surface area contributed by atoms with Crippen molar-refractivity contribution in [2.45, 2.75) is 99.1 Å². The van der Waals surface area contributed by atoms with E-state index in [1.54, 1.807) is 0 Å². The summed E-state index contributed by atoms with van der Waals surface area (Å²) in [5.41, 5.74) is 21.5. The summed E-state index contributed by atoms with van der Waals surface area (Å²) in [6.45, 7) is 24.6. The molecule has 0 saturated heterocycles. The van der Waals surface area contributed by atoms with Gasteiger partial charge in [0.2, 0.25) is 0 Å². The molecule has 7 heteroatoms. The number of ether oxygens (including phenoxy) is 1. The Hall–Kier alpha value is -6.62. The van der Waals surface area contributed by atoms with Gasteiger partial charge in [-0.05, 0) is 138 Å². The van der Waals surface area contributed by atoms with Crippen LogP contribution in [0.25, 0.3) is 22.4 Å². The van der Waals surface area contributed by atoms with E-state index < -0.39 is 0 Å². The fourth-order valence-corrected chi connectivity index (χ4v) is 11.4. The maximum absolute atomic E-state index is 7.05. The van der Waals surface area contributed by atoms with Gasteiger partial charge in [-0.1, -0.05) is 136 Å². The summed E-state index contributed by atoms with van der Waals surface area (Å²) >= 11 is 0. The average Bonchev–Trinajstić information content (AvgIpc) is 3.69. The number of fused-ring (bicyclic) bond motifs is 8. The number of aromatic nitrogens is 2. The van der Waals surface area contributed by atoms with Crippen LogP contribution >= 0.6 is 0 Å². The Morgan fingerprint density at radius 3 is 2.10 bits per heavy atom. The molecule has 2 atom stereocenters. The number of amidine groups is 1. The summed E-state index contributed by atoms with van der Waals surface area (Å²) in [7, 11) is 0. The molecule has 0 saturated carbocycles. The Labute approximate surface area is 422 Å². The first-order valence-electron chi connectivity index (χ1n) is 23.8. The maximum Gasteiger partial charge on any atom is 2.00 e. The van der Waals surface area contributed by atoms with E-state index in [9.17, 15) is 0 Å². The van der Waals surface area contributed by atoms with E-state index in [4.69, 9.17) is 19.7 Å². The molecule has 1 aliphatic carbocycles. The third-order valence-electron chi connectivity index (χ3n) is 14.4. The number of hydrogen-bond acceptors (Lipinski definition) is 6. The number of pyridine rings is 2. The van der Waals surface area contributed by atoms with Crippen LogP contribution in [0.4, 0.5) is 22.9 Å². The van der Waals surface area contributed by atoms with Gasteiger partial charge < -0.3 is 19.5 Å². The van der Waals surface area contributed by atoms with E-state index in [1.165, 1.54) is 66.8 Å². The van der Waals surface area contributed by atoms with E-state index in [1.807, 2.05) is 42.7 Å². The molecule has 69 heavy (non-hydrogen) atoms. The summed E-state index contributed by atoms with van der Waals surface area (Å²) < 4.78 is 7.05. The summed E-state index contributed by atoms with van der Waals surface area (Å²) in [5.74, 6) is 2.81. The maximum atomic E-state index is 7.05. The molecule has 2 aromatic heterocycles. The molecule has 0 bridgehead atoms. The largest absolute Gasteiger partial charge is 2.00 e. The quantitative estimate of drug-likeness (QED) is 0.155. The molecule has 0 fully saturated rings. The van der Waals surface area contributed by atoms with Crippen molar-refractivity contribution >= 4 is 28.7 Å². The monoisotopic (exact) mass is 1080 g/mol. The molecule has 0 amide bonds. The van der Waals surface area contributed by atoms with Crippen LogP contribution in [0.1, 0.15) is 113 Å². The average molecular weight is 1080 g/mol. The molecule has 6 aromatic carbocycles. The minimum Gasteiger partial charge on any atom is -0.503 e. The van der Waals surface area contributed by atoms with Crippen molar-refractivity contribution < 1.29 is 25.8 Å². The minimum atomic E-state index is -0.308. The molecule has 0 unspecified atom stereocenters. The van der Waals surface area contributed by atoms with E-state index in [0.717, 1.165) is 51.1 Å². The predicted octanol–water partition coefficient (Wildman–Crippen LogP) is 15.5. The molecule has 8 aromatic rings. The van der Waals surface area contributed by atoms with Crippen molar-refractivity contribution in [1.82, 2.24) is 9.97 Å². The second kappa shape index (κ2) is 17.1. The molecule has 11 rings (SSSR count). The fraction of sp³-hybridized carbons (Fsp3) is 0.242. The Balaban J connectivity index is 0.00000553. The van der Waals surface area contributed by atoms with Crippen LogP contribution in [0, 0.1) is 53.7 Å². The van der Waals surface area contributed by atoms with Crippen LogP contribution in [-0.4, -0.2) is 15.8 Å². The van der Waals surface area contributed by atoms with E-state index in [2.05, 4.69) is 189 Å². The summed E-state index contributed by atoms with van der Waals surface area (Å²) in [6, 6.07) is 50.8. The van der Waals surface area contributed by atoms with E-state index in [-0.39, 0.29) is 44.0 Å². The van der Waals surface area contributed by atoms with E-state index >= 15 is 0 Å². The number of aliphatic imine (C=N–C) groups is 1. The van der Waals surface area contributed by atoms with Crippen LogP contribution in [0.2, 0.25) is 0 Å². The second-order valence-corrected chi connectivity index (χ2v) is 20.7. The van der Waals surface area contributed by atoms with Crippen molar-refractivity contribution in [2.75, 3.05) is 9.80 Å². The third-order valence-corrected chi connectivity index (χ3v) is 14.4. The van der Waals surface area contributed by atoms with Crippen LogP contribution in [0.3, 0.4) is 0 Å². The molecular formula is C62H57N5OPt. The standard InChI is InChI=1S/C62H57N5O.Pt/c1-36-28-40(5)58(41(6)29-36)67-59-48-30-37(2)27-39(4)56(48)55-38(3)17-16-18-47(55)57(59)65-60(67)43-31-42(51-20-14-15-25-63-51)32-46(33-43)68-45-22-23-50-53(35-45)66(52-21-13-12-19-49(52)62(50,10)11)54-34-44(24-26-64-54)61(7,8)9;/h12-32,34,57,59H,1-11H3;/q-2;+2/t57-,59+;/m1./s1. The van der Waals surface area contributed by atoms with Gasteiger partial charge in [0.1, 0.15) is 5.82 Å². The van der Waals surface area contributed by atoms with E-state index in [0.29, 0.717) is 11.5 Å². The molecule has 6 nitrogen and oxygen atoms in total.